The van der Waals surface area contributed by atoms with Gasteiger partial charge in [0.1, 0.15) is 5.75 Å². The lowest BCUT2D eigenvalue weighted by Crippen LogP contribution is -2.47. The number of halogens is 3. The summed E-state index contributed by atoms with van der Waals surface area (Å²) < 4.78 is 41.2. The van der Waals surface area contributed by atoms with Crippen LogP contribution in [0.2, 0.25) is 0 Å². The molecule has 1 saturated carbocycles. The fraction of sp³-hybridized carbons (Fsp3) is 0.700. The van der Waals surface area contributed by atoms with Crippen molar-refractivity contribution in [1.29, 1.82) is 0 Å². The molecule has 4 nitrogen and oxygen atoms in total. The van der Waals surface area contributed by atoms with Gasteiger partial charge in [-0.3, -0.25) is 0 Å². The Morgan fingerprint density at radius 2 is 1.70 bits per heavy atom. The Morgan fingerprint density at radius 1 is 1.11 bits per heavy atom. The van der Waals surface area contributed by atoms with Gasteiger partial charge < -0.3 is 20.5 Å². The summed E-state index contributed by atoms with van der Waals surface area (Å²) in [6, 6.07) is 6.24. The zero-order chi connectivity index (χ0) is 19.5. The van der Waals surface area contributed by atoms with E-state index in [1.165, 1.54) is 12.1 Å². The van der Waals surface area contributed by atoms with E-state index in [0.29, 0.717) is 6.54 Å². The number of alkyl halides is 3. The van der Waals surface area contributed by atoms with E-state index >= 15 is 0 Å². The second kappa shape index (κ2) is 8.37. The van der Waals surface area contributed by atoms with Gasteiger partial charge in [0.25, 0.3) is 0 Å². The summed E-state index contributed by atoms with van der Waals surface area (Å²) in [5.74, 6) is -0.364. The molecule has 0 bridgehead atoms. The van der Waals surface area contributed by atoms with Crippen molar-refractivity contribution in [3.05, 3.63) is 29.8 Å². The van der Waals surface area contributed by atoms with E-state index < -0.39 is 12.0 Å². The smallest absolute Gasteiger partial charge is 0.406 e. The van der Waals surface area contributed by atoms with Gasteiger partial charge >= 0.3 is 6.36 Å². The van der Waals surface area contributed by atoms with Crippen LogP contribution < -0.4 is 10.5 Å². The lowest BCUT2D eigenvalue weighted by molar-refractivity contribution is -0.274. The van der Waals surface area contributed by atoms with E-state index in [4.69, 9.17) is 5.73 Å². The minimum Gasteiger partial charge on any atom is -0.406 e. The molecule has 0 spiro atoms. The Labute approximate surface area is 158 Å². The molecule has 0 radical (unpaired) electrons. The van der Waals surface area contributed by atoms with Gasteiger partial charge in [0.05, 0.1) is 5.60 Å². The maximum absolute atomic E-state index is 12.4. The zero-order valence-electron chi connectivity index (χ0n) is 15.5. The van der Waals surface area contributed by atoms with Gasteiger partial charge in [-0.05, 0) is 56.5 Å². The molecule has 1 atom stereocenters. The minimum absolute atomic E-state index is 0.132. The number of ether oxygens (including phenoxy) is 1. The molecule has 1 saturated heterocycles. The third-order valence-corrected chi connectivity index (χ3v) is 5.96. The van der Waals surface area contributed by atoms with E-state index in [1.54, 1.807) is 12.1 Å². The summed E-state index contributed by atoms with van der Waals surface area (Å²) in [7, 11) is 0. The summed E-state index contributed by atoms with van der Waals surface area (Å²) in [4.78, 5) is 2.32. The van der Waals surface area contributed by atoms with Crippen molar-refractivity contribution in [2.45, 2.75) is 68.9 Å². The molecule has 2 aliphatic rings. The lowest BCUT2D eigenvalue weighted by Gasteiger charge is -2.43. The van der Waals surface area contributed by atoms with E-state index in [1.807, 2.05) is 0 Å². The lowest BCUT2D eigenvalue weighted by atomic mass is 9.72. The van der Waals surface area contributed by atoms with Gasteiger partial charge in [-0.25, -0.2) is 0 Å². The maximum Gasteiger partial charge on any atom is 0.573 e. The first-order valence-corrected chi connectivity index (χ1v) is 9.81. The Hall–Kier alpha value is -1.31. The molecule has 1 aromatic carbocycles. The van der Waals surface area contributed by atoms with Gasteiger partial charge in [-0.2, -0.15) is 0 Å². The van der Waals surface area contributed by atoms with Gasteiger partial charge in [-0.15, -0.1) is 13.2 Å². The topological polar surface area (TPSA) is 58.7 Å². The van der Waals surface area contributed by atoms with Crippen molar-refractivity contribution in [3.63, 3.8) is 0 Å². The Balaban J connectivity index is 1.78. The highest BCUT2D eigenvalue weighted by Gasteiger charge is 2.40. The molecule has 2 fully saturated rings. The van der Waals surface area contributed by atoms with Crippen LogP contribution in [0, 0.1) is 0 Å². The quantitative estimate of drug-likeness (QED) is 0.808. The van der Waals surface area contributed by atoms with E-state index in [9.17, 15) is 18.3 Å². The monoisotopic (exact) mass is 386 g/mol. The number of piperidine rings is 1. The van der Waals surface area contributed by atoms with Crippen LogP contribution in [0.1, 0.15) is 56.4 Å². The molecule has 27 heavy (non-hydrogen) atoms. The zero-order valence-corrected chi connectivity index (χ0v) is 15.5. The largest absolute Gasteiger partial charge is 0.573 e. The highest BCUT2D eigenvalue weighted by Crippen LogP contribution is 2.41. The second-order valence-electron chi connectivity index (χ2n) is 7.97. The van der Waals surface area contributed by atoms with Crippen molar-refractivity contribution >= 4 is 0 Å². The third-order valence-electron chi connectivity index (χ3n) is 5.96. The van der Waals surface area contributed by atoms with Crippen molar-refractivity contribution in [1.82, 2.24) is 4.90 Å². The van der Waals surface area contributed by atoms with Crippen LogP contribution >= 0.6 is 0 Å². The van der Waals surface area contributed by atoms with Crippen LogP contribution in [0.15, 0.2) is 24.3 Å². The summed E-state index contributed by atoms with van der Waals surface area (Å²) in [6.07, 6.45) is 1.70. The minimum atomic E-state index is -4.70. The highest BCUT2D eigenvalue weighted by molar-refractivity contribution is 5.31. The number of hydrogen-bond donors (Lipinski definition) is 2. The maximum atomic E-state index is 12.4. The number of hydrogen-bond acceptors (Lipinski definition) is 4. The molecule has 0 amide bonds. The molecule has 3 N–H and O–H groups in total. The van der Waals surface area contributed by atoms with Crippen LogP contribution in [0.5, 0.6) is 5.75 Å². The molecule has 1 aliphatic heterocycles. The van der Waals surface area contributed by atoms with Crippen molar-refractivity contribution < 1.29 is 23.0 Å². The second-order valence-corrected chi connectivity index (χ2v) is 7.97. The number of nitrogens with two attached hydrogens (primary N) is 1. The van der Waals surface area contributed by atoms with E-state index in [-0.39, 0.29) is 17.7 Å². The summed E-state index contributed by atoms with van der Waals surface area (Å²) in [6.45, 7) is 2.48. The van der Waals surface area contributed by atoms with Crippen molar-refractivity contribution in [2.75, 3.05) is 19.6 Å². The number of nitrogens with zero attached hydrogens (tertiary/aromatic N) is 1. The highest BCUT2D eigenvalue weighted by atomic mass is 19.4. The van der Waals surface area contributed by atoms with Crippen LogP contribution in [0.4, 0.5) is 13.2 Å². The Morgan fingerprint density at radius 3 is 2.26 bits per heavy atom. The van der Waals surface area contributed by atoms with Gasteiger partial charge in [-0.1, -0.05) is 31.4 Å². The van der Waals surface area contributed by atoms with Crippen LogP contribution in [-0.2, 0) is 0 Å². The first-order chi connectivity index (χ1) is 12.8. The SMILES string of the molecule is NC1CCN(CC(c2ccc(OC(F)(F)F)cc2)C2(O)CCCCC2)CC1. The molecular weight excluding hydrogens is 357 g/mol. The van der Waals surface area contributed by atoms with Crippen LogP contribution in [0.25, 0.3) is 0 Å². The van der Waals surface area contributed by atoms with Crippen molar-refractivity contribution in [3.8, 4) is 5.75 Å². The molecule has 0 aromatic heterocycles. The molecular formula is C20H29F3N2O2. The van der Waals surface area contributed by atoms with Gasteiger partial charge in [0.2, 0.25) is 0 Å². The third kappa shape index (κ3) is 5.59. The molecule has 1 aromatic rings. The number of benzene rings is 1. The molecule has 1 aliphatic carbocycles. The van der Waals surface area contributed by atoms with Crippen LogP contribution in [0.3, 0.4) is 0 Å². The Bertz CT molecular complexity index is 592. The Kier molecular flexibility index (Phi) is 6.33. The number of likely N-dealkylation sites (tertiary alicyclic amines) is 1. The summed E-state index contributed by atoms with van der Waals surface area (Å²) in [5.41, 5.74) is 6.04. The average Bonchev–Trinajstić information content (AvgIpc) is 2.61. The molecule has 7 heteroatoms. The van der Waals surface area contributed by atoms with Crippen LogP contribution in [-0.4, -0.2) is 47.6 Å². The van der Waals surface area contributed by atoms with E-state index in [0.717, 1.165) is 63.6 Å². The molecule has 1 heterocycles. The number of aliphatic hydroxyl groups is 1. The molecule has 1 unspecified atom stereocenters. The average molecular weight is 386 g/mol. The normalized spacial score (nSPS) is 23.1. The van der Waals surface area contributed by atoms with Gasteiger partial charge in [0, 0.05) is 18.5 Å². The fourth-order valence-corrected chi connectivity index (χ4v) is 4.39. The standard InChI is InChI=1S/C20H29F3N2O2/c21-20(22,23)27-17-6-4-15(5-7-17)18(19(26)10-2-1-3-11-19)14-25-12-8-16(24)9-13-25/h4-7,16,18,26H,1-3,8-14,24H2. The van der Waals surface area contributed by atoms with E-state index in [2.05, 4.69) is 9.64 Å². The first-order valence-electron chi connectivity index (χ1n) is 9.81. The molecule has 3 rings (SSSR count). The first kappa shape index (κ1) is 20.4. The predicted molar refractivity (Wildman–Crippen MR) is 97.6 cm³/mol. The number of rotatable bonds is 5. The molecule has 152 valence electrons. The predicted octanol–water partition coefficient (Wildman–Crippen LogP) is 3.79. The van der Waals surface area contributed by atoms with Crippen molar-refractivity contribution in [2.24, 2.45) is 5.73 Å². The summed E-state index contributed by atoms with van der Waals surface area (Å²) >= 11 is 0. The fourth-order valence-electron chi connectivity index (χ4n) is 4.39. The van der Waals surface area contributed by atoms with Gasteiger partial charge in [0.15, 0.2) is 0 Å². The summed E-state index contributed by atoms with van der Waals surface area (Å²) in [5, 5.41) is 11.4.